The predicted molar refractivity (Wildman–Crippen MR) is 46.9 cm³/mol. The molecule has 1 aliphatic carbocycles. The molecule has 0 spiro atoms. The molecule has 0 amide bonds. The van der Waals surface area contributed by atoms with Gasteiger partial charge in [0.1, 0.15) is 0 Å². The van der Waals surface area contributed by atoms with Crippen molar-refractivity contribution >= 4 is 23.1 Å². The molecule has 0 N–H and O–H groups in total. The molecule has 1 saturated carbocycles. The molecule has 0 aromatic carbocycles. The monoisotopic (exact) mass is 226 g/mol. The fraction of sp³-hybridized carbons (Fsp3) is 0.667. The van der Waals surface area contributed by atoms with Gasteiger partial charge in [0, 0.05) is 0 Å². The molecule has 0 aromatic rings. The van der Waals surface area contributed by atoms with E-state index in [9.17, 15) is 0 Å². The maximum absolute atomic E-state index is 3.73. The number of allylic oxidation sites excluding steroid dienone is 1. The summed E-state index contributed by atoms with van der Waals surface area (Å²) in [5, 5.41) is 0. The van der Waals surface area contributed by atoms with Crippen LogP contribution >= 0.6 is 0 Å². The zero-order chi connectivity index (χ0) is 6.53. The molecular formula is C9H15BrMg. The van der Waals surface area contributed by atoms with Gasteiger partial charge in [-0.3, -0.25) is 0 Å². The maximum Gasteiger partial charge on any atom is 2.00 e. The molecule has 11 heavy (non-hydrogen) atoms. The van der Waals surface area contributed by atoms with E-state index in [1.807, 2.05) is 6.08 Å². The molecule has 0 bridgehead atoms. The summed E-state index contributed by atoms with van der Waals surface area (Å²) in [7, 11) is 0. The molecule has 60 valence electrons. The Morgan fingerprint density at radius 3 is 2.18 bits per heavy atom. The van der Waals surface area contributed by atoms with E-state index in [-0.39, 0.29) is 40.0 Å². The summed E-state index contributed by atoms with van der Waals surface area (Å²) in [5.74, 6) is 1.72. The molecule has 0 aliphatic heterocycles. The standard InChI is InChI=1S/C9H15.BrH.Mg/c1-2-6-9-7-4-3-5-8-9;;/h2H,1,3-8H2;1H;/q-1;;+2/p-1. The largest absolute Gasteiger partial charge is 2.00 e. The van der Waals surface area contributed by atoms with Crippen LogP contribution in [0.4, 0.5) is 0 Å². The van der Waals surface area contributed by atoms with E-state index in [0.717, 1.165) is 0 Å². The molecular weight excluding hydrogens is 212 g/mol. The summed E-state index contributed by atoms with van der Waals surface area (Å²) in [5.41, 5.74) is 0. The molecule has 0 saturated heterocycles. The van der Waals surface area contributed by atoms with Crippen LogP contribution in [0.2, 0.25) is 0 Å². The van der Waals surface area contributed by atoms with Crippen molar-refractivity contribution in [3.63, 3.8) is 0 Å². The molecule has 0 heterocycles. The van der Waals surface area contributed by atoms with E-state index in [2.05, 4.69) is 6.58 Å². The first-order chi connectivity index (χ1) is 4.43. The van der Waals surface area contributed by atoms with Crippen LogP contribution in [0.1, 0.15) is 38.5 Å². The van der Waals surface area contributed by atoms with Crippen molar-refractivity contribution in [2.45, 2.75) is 38.5 Å². The van der Waals surface area contributed by atoms with E-state index in [1.165, 1.54) is 38.5 Å². The SMILES string of the molecule is C=CC[C-]1CCCCC1.[Br-].[Mg+2]. The third-order valence-corrected chi connectivity index (χ3v) is 1.99. The molecule has 0 radical (unpaired) electrons. The van der Waals surface area contributed by atoms with Crippen LogP contribution in [-0.4, -0.2) is 23.1 Å². The van der Waals surface area contributed by atoms with Gasteiger partial charge in [0.25, 0.3) is 0 Å². The number of rotatable bonds is 2. The van der Waals surface area contributed by atoms with Crippen LogP contribution in [0.25, 0.3) is 0 Å². The van der Waals surface area contributed by atoms with E-state index in [0.29, 0.717) is 0 Å². The fourth-order valence-corrected chi connectivity index (χ4v) is 1.46. The Labute approximate surface area is 96.7 Å². The summed E-state index contributed by atoms with van der Waals surface area (Å²) in [6, 6.07) is 0. The third kappa shape index (κ3) is 6.18. The quantitative estimate of drug-likeness (QED) is 0.346. The van der Waals surface area contributed by atoms with Gasteiger partial charge in [-0.15, -0.1) is 12.7 Å². The zero-order valence-corrected chi connectivity index (χ0v) is 10.1. The Morgan fingerprint density at radius 1 is 1.18 bits per heavy atom. The molecule has 0 atom stereocenters. The molecule has 1 fully saturated rings. The first-order valence-corrected chi connectivity index (χ1v) is 3.88. The van der Waals surface area contributed by atoms with E-state index in [1.54, 1.807) is 5.92 Å². The van der Waals surface area contributed by atoms with Gasteiger partial charge >= 0.3 is 23.1 Å². The zero-order valence-electron chi connectivity index (χ0n) is 7.11. The van der Waals surface area contributed by atoms with Crippen molar-refractivity contribution in [2.75, 3.05) is 0 Å². The van der Waals surface area contributed by atoms with Gasteiger partial charge in [-0.25, -0.2) is 0 Å². The van der Waals surface area contributed by atoms with Gasteiger partial charge in [-0.2, -0.15) is 19.3 Å². The third-order valence-electron chi connectivity index (χ3n) is 1.99. The Morgan fingerprint density at radius 2 is 1.73 bits per heavy atom. The Bertz CT molecular complexity index is 87.6. The first kappa shape index (κ1) is 14.5. The average Bonchev–Trinajstić information content (AvgIpc) is 1.91. The Hall–Kier alpha value is 0.986. The normalized spacial score (nSPS) is 17.8. The minimum absolute atomic E-state index is 0. The van der Waals surface area contributed by atoms with Crippen molar-refractivity contribution in [2.24, 2.45) is 0 Å². The van der Waals surface area contributed by atoms with Gasteiger partial charge in [-0.1, -0.05) is 19.3 Å². The van der Waals surface area contributed by atoms with Crippen LogP contribution in [0.3, 0.4) is 0 Å². The smallest absolute Gasteiger partial charge is 1.00 e. The van der Waals surface area contributed by atoms with Gasteiger partial charge in [0.05, 0.1) is 0 Å². The second kappa shape index (κ2) is 9.08. The molecule has 1 rings (SSSR count). The topological polar surface area (TPSA) is 0 Å². The summed E-state index contributed by atoms with van der Waals surface area (Å²) >= 11 is 0. The molecule has 2 heteroatoms. The number of halogens is 1. The van der Waals surface area contributed by atoms with Crippen molar-refractivity contribution in [1.82, 2.24) is 0 Å². The van der Waals surface area contributed by atoms with E-state index >= 15 is 0 Å². The van der Waals surface area contributed by atoms with Crippen molar-refractivity contribution in [3.05, 3.63) is 18.6 Å². The second-order valence-corrected chi connectivity index (χ2v) is 2.80. The summed E-state index contributed by atoms with van der Waals surface area (Å²) in [4.78, 5) is 0. The maximum atomic E-state index is 3.73. The minimum Gasteiger partial charge on any atom is -1.00 e. The molecule has 1 aliphatic rings. The van der Waals surface area contributed by atoms with Crippen LogP contribution < -0.4 is 17.0 Å². The Balaban J connectivity index is 0. The van der Waals surface area contributed by atoms with Gasteiger partial charge in [0.2, 0.25) is 0 Å². The van der Waals surface area contributed by atoms with Gasteiger partial charge < -0.3 is 22.9 Å². The number of hydrogen-bond acceptors (Lipinski definition) is 0. The van der Waals surface area contributed by atoms with Crippen LogP contribution in [0.5, 0.6) is 0 Å². The fourth-order valence-electron chi connectivity index (χ4n) is 1.46. The van der Waals surface area contributed by atoms with Gasteiger partial charge in [-0.05, 0) is 0 Å². The van der Waals surface area contributed by atoms with Gasteiger partial charge in [0.15, 0.2) is 0 Å². The van der Waals surface area contributed by atoms with Crippen LogP contribution in [0.15, 0.2) is 12.7 Å². The first-order valence-electron chi connectivity index (χ1n) is 3.88. The van der Waals surface area contributed by atoms with Crippen LogP contribution in [0, 0.1) is 5.92 Å². The van der Waals surface area contributed by atoms with Crippen LogP contribution in [-0.2, 0) is 0 Å². The predicted octanol–water partition coefficient (Wildman–Crippen LogP) is -0.276. The van der Waals surface area contributed by atoms with Crippen molar-refractivity contribution in [3.8, 4) is 0 Å². The second-order valence-electron chi connectivity index (χ2n) is 2.80. The average molecular weight is 227 g/mol. The summed E-state index contributed by atoms with van der Waals surface area (Å²) < 4.78 is 0. The number of hydrogen-bond donors (Lipinski definition) is 0. The van der Waals surface area contributed by atoms with Crippen molar-refractivity contribution in [1.29, 1.82) is 0 Å². The van der Waals surface area contributed by atoms with E-state index in [4.69, 9.17) is 0 Å². The minimum atomic E-state index is 0. The summed E-state index contributed by atoms with van der Waals surface area (Å²) in [6.45, 7) is 3.73. The Kier molecular flexibility index (Phi) is 12.0. The molecule has 0 aromatic heterocycles. The summed E-state index contributed by atoms with van der Waals surface area (Å²) in [6.07, 6.45) is 10.2. The molecule has 0 nitrogen and oxygen atoms in total. The van der Waals surface area contributed by atoms with Crippen molar-refractivity contribution < 1.29 is 17.0 Å². The molecule has 0 unspecified atom stereocenters. The van der Waals surface area contributed by atoms with E-state index < -0.39 is 0 Å².